The molecule has 0 heterocycles. The molecule has 0 aromatic rings. The summed E-state index contributed by atoms with van der Waals surface area (Å²) in [7, 11) is 0. The predicted octanol–water partition coefficient (Wildman–Crippen LogP) is -2.04. The Morgan fingerprint density at radius 3 is 1.71 bits per heavy atom. The quantitative estimate of drug-likeness (QED) is 0.512. The summed E-state index contributed by atoms with van der Waals surface area (Å²) in [5.74, 6) is 0. The van der Waals surface area contributed by atoms with Gasteiger partial charge in [-0.15, -0.1) is 0 Å². The van der Waals surface area contributed by atoms with Gasteiger partial charge in [-0.3, -0.25) is 0 Å². The Morgan fingerprint density at radius 2 is 1.71 bits per heavy atom. The number of rotatable bonds is 2. The molecular formula is C4H16Ge3. The van der Waals surface area contributed by atoms with Crippen molar-refractivity contribution in [2.75, 3.05) is 0 Å². The average molecular weight is 282 g/mol. The van der Waals surface area contributed by atoms with Gasteiger partial charge >= 0.3 is 71.2 Å². The van der Waals surface area contributed by atoms with Gasteiger partial charge in [0.05, 0.1) is 0 Å². The van der Waals surface area contributed by atoms with Crippen LogP contribution in [0.5, 0.6) is 0 Å². The molecule has 0 fully saturated rings. The summed E-state index contributed by atoms with van der Waals surface area (Å²) in [5, 5.41) is 0. The van der Waals surface area contributed by atoms with Gasteiger partial charge in [-0.25, -0.2) is 0 Å². The summed E-state index contributed by atoms with van der Waals surface area (Å²) in [5.41, 5.74) is 0. The molecule has 7 heavy (non-hydrogen) atoms. The molecule has 0 N–H and O–H groups in total. The third-order valence-corrected chi connectivity index (χ3v) is 4.15. The van der Waals surface area contributed by atoms with Crippen molar-refractivity contribution >= 4 is 49.5 Å². The van der Waals surface area contributed by atoms with Crippen LogP contribution in [0.3, 0.4) is 0 Å². The zero-order valence-electron chi connectivity index (χ0n) is 5.91. The standard InChI is InChI=1S/C4H16Ge3/c1-2-3-4(5,6)7/h2-3H2,1,5-7H3. The van der Waals surface area contributed by atoms with Crippen LogP contribution in [0, 0.1) is 0 Å². The first kappa shape index (κ1) is 8.63. The minimum atomic E-state index is 1.11. The fraction of sp³-hybridized carbons (Fsp3) is 1.00. The van der Waals surface area contributed by atoms with Crippen LogP contribution in [-0.4, -0.2) is 49.5 Å². The van der Waals surface area contributed by atoms with Crippen LogP contribution in [0.4, 0.5) is 0 Å². The van der Waals surface area contributed by atoms with Crippen LogP contribution < -0.4 is 0 Å². The van der Waals surface area contributed by atoms with Gasteiger partial charge in [0.15, 0.2) is 0 Å². The number of hydrogen-bond donors (Lipinski definition) is 0. The molecular weight excluding hydrogens is 266 g/mol. The van der Waals surface area contributed by atoms with Crippen molar-refractivity contribution in [3.63, 3.8) is 0 Å². The maximum absolute atomic E-state index is 2.32. The van der Waals surface area contributed by atoms with Crippen LogP contribution in [0.15, 0.2) is 0 Å². The van der Waals surface area contributed by atoms with E-state index in [-0.39, 0.29) is 0 Å². The number of hydrogen-bond acceptors (Lipinski definition) is 0. The summed E-state index contributed by atoms with van der Waals surface area (Å²) in [4.78, 5) is 0. The van der Waals surface area contributed by atoms with Gasteiger partial charge in [-0.2, -0.15) is 0 Å². The summed E-state index contributed by atoms with van der Waals surface area (Å²) in [6, 6.07) is 0. The van der Waals surface area contributed by atoms with Gasteiger partial charge in [0.25, 0.3) is 0 Å². The Morgan fingerprint density at radius 1 is 1.29 bits per heavy atom. The van der Waals surface area contributed by atoms with Crippen molar-refractivity contribution < 1.29 is 0 Å². The van der Waals surface area contributed by atoms with Crippen molar-refractivity contribution in [3.05, 3.63) is 0 Å². The summed E-state index contributed by atoms with van der Waals surface area (Å²) < 4.78 is 1.11. The van der Waals surface area contributed by atoms with Gasteiger partial charge in [0.1, 0.15) is 0 Å². The monoisotopic (exact) mass is 286 g/mol. The molecule has 0 radical (unpaired) electrons. The molecule has 0 bridgehead atoms. The van der Waals surface area contributed by atoms with E-state index in [9.17, 15) is 0 Å². The van der Waals surface area contributed by atoms with E-state index in [2.05, 4.69) is 6.92 Å². The summed E-state index contributed by atoms with van der Waals surface area (Å²) in [6.07, 6.45) is 3.04. The molecule has 0 saturated carbocycles. The summed E-state index contributed by atoms with van der Waals surface area (Å²) >= 11 is 3.53. The molecule has 0 aliphatic heterocycles. The predicted molar refractivity (Wildman–Crippen MR) is 47.4 cm³/mol. The molecule has 0 saturated heterocycles. The van der Waals surface area contributed by atoms with Gasteiger partial charge in [0.2, 0.25) is 0 Å². The Bertz CT molecular complexity index is 45.4. The SMILES string of the molecule is CCC[C]([GeH3])([GeH3])[GeH3]. The van der Waals surface area contributed by atoms with E-state index in [1.165, 1.54) is 56.0 Å². The van der Waals surface area contributed by atoms with Crippen LogP contribution in [0.1, 0.15) is 19.8 Å². The van der Waals surface area contributed by atoms with Crippen molar-refractivity contribution in [3.8, 4) is 0 Å². The van der Waals surface area contributed by atoms with Gasteiger partial charge in [0, 0.05) is 0 Å². The molecule has 0 unspecified atom stereocenters. The van der Waals surface area contributed by atoms with Crippen molar-refractivity contribution in [1.82, 2.24) is 0 Å². The average Bonchev–Trinajstić information content (AvgIpc) is 1.30. The maximum atomic E-state index is 2.32. The Kier molecular flexibility index (Phi) is 4.46. The van der Waals surface area contributed by atoms with Crippen molar-refractivity contribution in [2.45, 2.75) is 21.7 Å². The first-order valence-corrected chi connectivity index (χ1v) is 9.35. The van der Waals surface area contributed by atoms with Crippen LogP contribution in [0.2, 0.25) is 1.91 Å². The minimum absolute atomic E-state index is 1.11. The van der Waals surface area contributed by atoms with E-state index in [4.69, 9.17) is 0 Å². The first-order chi connectivity index (χ1) is 3.06. The fourth-order valence-electron chi connectivity index (χ4n) is 0.750. The first-order valence-electron chi connectivity index (χ1n) is 3.06. The van der Waals surface area contributed by atoms with Crippen LogP contribution in [-0.2, 0) is 0 Å². The molecule has 44 valence electrons. The van der Waals surface area contributed by atoms with E-state index in [0.717, 1.165) is 1.91 Å². The van der Waals surface area contributed by atoms with Gasteiger partial charge in [-0.1, -0.05) is 0 Å². The van der Waals surface area contributed by atoms with Gasteiger partial charge in [-0.05, 0) is 0 Å². The second-order valence-corrected chi connectivity index (χ2v) is 46.8. The second-order valence-electron chi connectivity index (χ2n) is 3.31. The van der Waals surface area contributed by atoms with Crippen LogP contribution >= 0.6 is 0 Å². The molecule has 3 heteroatoms. The zero-order chi connectivity index (χ0) is 5.91. The third-order valence-electron chi connectivity index (χ3n) is 1.000. The topological polar surface area (TPSA) is 0 Å². The fourth-order valence-corrected chi connectivity index (χ4v) is 3.90. The Hall–Kier alpha value is 1.63. The van der Waals surface area contributed by atoms with E-state index < -0.39 is 0 Å². The molecule has 0 aromatic carbocycles. The molecule has 0 aliphatic rings. The van der Waals surface area contributed by atoms with Gasteiger partial charge < -0.3 is 0 Å². The van der Waals surface area contributed by atoms with E-state index in [0.29, 0.717) is 0 Å². The normalized spacial score (nSPS) is 20.1. The second kappa shape index (κ2) is 3.62. The van der Waals surface area contributed by atoms with E-state index in [1.54, 1.807) is 6.42 Å². The molecule has 0 atom stereocenters. The Labute approximate surface area is 70.9 Å². The zero-order valence-corrected chi connectivity index (χ0v) is 18.5. The van der Waals surface area contributed by atoms with Crippen LogP contribution in [0.25, 0.3) is 0 Å². The molecule has 0 amide bonds. The molecule has 0 aromatic heterocycles. The van der Waals surface area contributed by atoms with Crippen molar-refractivity contribution in [2.24, 2.45) is 0 Å². The molecule has 0 spiro atoms. The summed E-state index contributed by atoms with van der Waals surface area (Å²) in [6.45, 7) is 2.32. The van der Waals surface area contributed by atoms with E-state index in [1.807, 2.05) is 0 Å². The molecule has 0 nitrogen and oxygen atoms in total. The molecule has 0 aliphatic carbocycles. The van der Waals surface area contributed by atoms with Crippen molar-refractivity contribution in [1.29, 1.82) is 0 Å². The third kappa shape index (κ3) is 7.63. The Balaban J connectivity index is 3.15. The van der Waals surface area contributed by atoms with E-state index >= 15 is 0 Å². The molecule has 0 rings (SSSR count).